The van der Waals surface area contributed by atoms with Crippen molar-refractivity contribution in [3.63, 3.8) is 0 Å². The van der Waals surface area contributed by atoms with Crippen LogP contribution >= 0.6 is 7.14 Å². The van der Waals surface area contributed by atoms with E-state index in [1.807, 2.05) is 66.7 Å². The highest BCUT2D eigenvalue weighted by molar-refractivity contribution is 7.86. The highest BCUT2D eigenvalue weighted by Gasteiger charge is 2.40. The van der Waals surface area contributed by atoms with Gasteiger partial charge in [0.25, 0.3) is 0 Å². The van der Waals surface area contributed by atoms with Gasteiger partial charge in [0.2, 0.25) is 0 Å². The lowest BCUT2D eigenvalue weighted by molar-refractivity contribution is 0.592. The first-order valence-electron chi connectivity index (χ1n) is 18.0. The predicted molar refractivity (Wildman–Crippen MR) is 223 cm³/mol. The molecule has 0 bridgehead atoms. The van der Waals surface area contributed by atoms with E-state index in [2.05, 4.69) is 126 Å². The van der Waals surface area contributed by atoms with E-state index in [9.17, 15) is 0 Å². The van der Waals surface area contributed by atoms with Crippen molar-refractivity contribution >= 4 is 66.4 Å². The molecule has 4 heteroatoms. The topological polar surface area (TPSA) is 34.9 Å². The van der Waals surface area contributed by atoms with Crippen molar-refractivity contribution in [1.82, 2.24) is 9.55 Å². The summed E-state index contributed by atoms with van der Waals surface area (Å²) in [4.78, 5) is 5.17. The number of nitrogens with zero attached hydrogens (tertiary/aromatic N) is 2. The van der Waals surface area contributed by atoms with Crippen LogP contribution in [-0.4, -0.2) is 9.55 Å². The van der Waals surface area contributed by atoms with Crippen LogP contribution in [0.4, 0.5) is 0 Å². The minimum Gasteiger partial charge on any atom is -0.308 e. The Kier molecular flexibility index (Phi) is 6.53. The van der Waals surface area contributed by atoms with Gasteiger partial charge < -0.3 is 4.57 Å². The van der Waals surface area contributed by atoms with Gasteiger partial charge in [0.15, 0.2) is 7.14 Å². The molecule has 0 spiro atoms. The van der Waals surface area contributed by atoms with Crippen LogP contribution in [0, 0.1) is 0 Å². The van der Waals surface area contributed by atoms with Crippen LogP contribution in [0.1, 0.15) is 0 Å². The zero-order valence-electron chi connectivity index (χ0n) is 28.6. The Balaban J connectivity index is 1.23. The molecule has 1 atom stereocenters. The third-order valence-electron chi connectivity index (χ3n) is 11.0. The SMILES string of the molecule is O=P1(c2ccccc2)c2cc(-c3c4ccccc4c(-c4ccc5ccccc5c4)c4ccccc34)ccc2-n2c(-c3ccccc3)nc3cccc1c32. The van der Waals surface area contributed by atoms with E-state index < -0.39 is 7.14 Å². The van der Waals surface area contributed by atoms with Gasteiger partial charge in [-0.2, -0.15) is 0 Å². The number of para-hydroxylation sites is 1. The van der Waals surface area contributed by atoms with Gasteiger partial charge in [-0.3, -0.25) is 4.57 Å². The molecule has 53 heavy (non-hydrogen) atoms. The molecule has 0 amide bonds. The summed E-state index contributed by atoms with van der Waals surface area (Å²) in [7, 11) is -3.35. The Hall–Kier alpha value is -6.54. The lowest BCUT2D eigenvalue weighted by Crippen LogP contribution is -2.33. The maximum atomic E-state index is 16.2. The second-order valence-corrected chi connectivity index (χ2v) is 16.5. The smallest absolute Gasteiger partial charge is 0.175 e. The summed E-state index contributed by atoms with van der Waals surface area (Å²) < 4.78 is 18.5. The molecule has 0 aliphatic carbocycles. The number of aromatic nitrogens is 2. The Morgan fingerprint density at radius 3 is 1.68 bits per heavy atom. The van der Waals surface area contributed by atoms with Crippen LogP contribution < -0.4 is 15.9 Å². The van der Waals surface area contributed by atoms with Gasteiger partial charge in [0.1, 0.15) is 5.82 Å². The molecule has 1 aromatic heterocycles. The summed E-state index contributed by atoms with van der Waals surface area (Å²) in [6, 6.07) is 65.8. The molecular formula is C49H31N2OP. The quantitative estimate of drug-likeness (QED) is 0.136. The molecule has 10 aromatic rings. The lowest BCUT2D eigenvalue weighted by atomic mass is 9.85. The number of fused-ring (bicyclic) bond motifs is 5. The molecule has 1 unspecified atom stereocenters. The Labute approximate surface area is 306 Å². The van der Waals surface area contributed by atoms with Crippen LogP contribution in [0.5, 0.6) is 0 Å². The van der Waals surface area contributed by atoms with Crippen molar-refractivity contribution in [3.05, 3.63) is 188 Å². The summed E-state index contributed by atoms with van der Waals surface area (Å²) in [5.41, 5.74) is 8.26. The molecule has 2 heterocycles. The van der Waals surface area contributed by atoms with Crippen molar-refractivity contribution in [3.8, 4) is 39.3 Å². The minimum absolute atomic E-state index is 0.820. The standard InChI is InChI=1S/C49H31N2OP/c52-53(37-18-5-2-6-19-37)44-25-13-24-42-48(44)51(49(50-42)33-15-3-1-4-16-33)43-29-28-36(31-45(43)53)47-40-22-11-9-20-38(40)46(39-21-10-12-23-41(39)47)35-27-26-32-14-7-8-17-34(32)30-35/h1-31H. The van der Waals surface area contributed by atoms with E-state index in [0.29, 0.717) is 0 Å². The molecule has 248 valence electrons. The van der Waals surface area contributed by atoms with Crippen molar-refractivity contribution in [2.24, 2.45) is 0 Å². The molecule has 1 aliphatic heterocycles. The molecule has 0 saturated heterocycles. The molecule has 0 fully saturated rings. The van der Waals surface area contributed by atoms with E-state index in [0.717, 1.165) is 65.9 Å². The molecule has 9 aromatic carbocycles. The first kappa shape index (κ1) is 30.1. The van der Waals surface area contributed by atoms with E-state index in [1.54, 1.807) is 0 Å². The third-order valence-corrected chi connectivity index (χ3v) is 14.1. The summed E-state index contributed by atoms with van der Waals surface area (Å²) in [6.07, 6.45) is 0. The molecule has 0 N–H and O–H groups in total. The fourth-order valence-electron chi connectivity index (χ4n) is 8.64. The number of benzene rings is 9. The maximum absolute atomic E-state index is 16.2. The summed E-state index contributed by atoms with van der Waals surface area (Å²) in [5, 5.41) is 9.61. The van der Waals surface area contributed by atoms with E-state index in [-0.39, 0.29) is 0 Å². The average Bonchev–Trinajstić information content (AvgIpc) is 3.62. The summed E-state index contributed by atoms with van der Waals surface area (Å²) in [5.74, 6) is 0.844. The Morgan fingerprint density at radius 1 is 0.434 bits per heavy atom. The van der Waals surface area contributed by atoms with Crippen molar-refractivity contribution in [1.29, 1.82) is 0 Å². The fourth-order valence-corrected chi connectivity index (χ4v) is 11.7. The highest BCUT2D eigenvalue weighted by Crippen LogP contribution is 2.52. The van der Waals surface area contributed by atoms with Gasteiger partial charge in [0.05, 0.1) is 16.7 Å². The average molecular weight is 695 g/mol. The van der Waals surface area contributed by atoms with Gasteiger partial charge >= 0.3 is 0 Å². The van der Waals surface area contributed by atoms with Crippen LogP contribution in [0.25, 0.3) is 82.7 Å². The first-order valence-corrected chi connectivity index (χ1v) is 19.7. The lowest BCUT2D eigenvalue weighted by Gasteiger charge is -2.30. The normalized spacial score (nSPS) is 14.9. The second-order valence-electron chi connectivity index (χ2n) is 13.8. The fraction of sp³-hybridized carbons (Fsp3) is 0. The van der Waals surface area contributed by atoms with Crippen LogP contribution in [0.15, 0.2) is 188 Å². The van der Waals surface area contributed by atoms with Crippen molar-refractivity contribution < 1.29 is 4.57 Å². The maximum Gasteiger partial charge on any atom is 0.175 e. The van der Waals surface area contributed by atoms with Crippen molar-refractivity contribution in [2.45, 2.75) is 0 Å². The number of hydrogen-bond acceptors (Lipinski definition) is 2. The van der Waals surface area contributed by atoms with Gasteiger partial charge in [-0.15, -0.1) is 0 Å². The molecule has 11 rings (SSSR count). The second kappa shape index (κ2) is 11.5. The molecule has 3 nitrogen and oxygen atoms in total. The van der Waals surface area contributed by atoms with Crippen LogP contribution in [0.2, 0.25) is 0 Å². The Morgan fingerprint density at radius 2 is 1.00 bits per heavy atom. The number of imidazole rings is 1. The van der Waals surface area contributed by atoms with Gasteiger partial charge in [-0.1, -0.05) is 158 Å². The van der Waals surface area contributed by atoms with Gasteiger partial charge in [-0.05, 0) is 84.9 Å². The van der Waals surface area contributed by atoms with E-state index in [1.165, 1.54) is 32.7 Å². The van der Waals surface area contributed by atoms with E-state index >= 15 is 4.57 Å². The molecular weight excluding hydrogens is 664 g/mol. The first-order chi connectivity index (χ1) is 26.2. The predicted octanol–water partition coefficient (Wildman–Crippen LogP) is 11.4. The van der Waals surface area contributed by atoms with Crippen LogP contribution in [-0.2, 0) is 4.57 Å². The largest absolute Gasteiger partial charge is 0.308 e. The van der Waals surface area contributed by atoms with Gasteiger partial charge in [0, 0.05) is 21.5 Å². The molecule has 1 aliphatic rings. The molecule has 0 radical (unpaired) electrons. The molecule has 0 saturated carbocycles. The van der Waals surface area contributed by atoms with Crippen LogP contribution in [0.3, 0.4) is 0 Å². The number of hydrogen-bond donors (Lipinski definition) is 0. The highest BCUT2D eigenvalue weighted by atomic mass is 31.2. The monoisotopic (exact) mass is 694 g/mol. The summed E-state index contributed by atoms with van der Waals surface area (Å²) >= 11 is 0. The van der Waals surface area contributed by atoms with E-state index in [4.69, 9.17) is 4.98 Å². The third kappa shape index (κ3) is 4.35. The van der Waals surface area contributed by atoms with Gasteiger partial charge in [-0.25, -0.2) is 4.98 Å². The zero-order valence-corrected chi connectivity index (χ0v) is 29.5. The minimum atomic E-state index is -3.35. The van der Waals surface area contributed by atoms with Crippen molar-refractivity contribution in [2.75, 3.05) is 0 Å². The Bertz CT molecular complexity index is 3090. The zero-order chi connectivity index (χ0) is 35.1. The number of rotatable bonds is 4. The summed E-state index contributed by atoms with van der Waals surface area (Å²) in [6.45, 7) is 0.